The summed E-state index contributed by atoms with van der Waals surface area (Å²) in [6.45, 7) is 3.44. The first-order valence-electron chi connectivity index (χ1n) is 8.56. The van der Waals surface area contributed by atoms with Gasteiger partial charge in [0.05, 0.1) is 13.7 Å². The molecule has 9 heteroatoms. The molecule has 9 nitrogen and oxygen atoms in total. The number of nitrogens with one attached hydrogen (secondary N) is 2. The average Bonchev–Trinajstić information content (AvgIpc) is 3.12. The Labute approximate surface area is 161 Å². The topological polar surface area (TPSA) is 111 Å². The zero-order valence-electron chi connectivity index (χ0n) is 15.8. The summed E-state index contributed by atoms with van der Waals surface area (Å²) in [4.78, 5) is 24.5. The Bertz CT molecular complexity index is 1010. The average molecular weight is 380 g/mol. The van der Waals surface area contributed by atoms with Crippen LogP contribution in [0.15, 0.2) is 42.5 Å². The Hall–Kier alpha value is -3.75. The van der Waals surface area contributed by atoms with E-state index in [4.69, 9.17) is 4.74 Å². The van der Waals surface area contributed by atoms with Crippen molar-refractivity contribution in [2.24, 2.45) is 0 Å². The summed E-state index contributed by atoms with van der Waals surface area (Å²) >= 11 is 0. The summed E-state index contributed by atoms with van der Waals surface area (Å²) in [7, 11) is 1.54. The van der Waals surface area contributed by atoms with E-state index < -0.39 is 0 Å². The maximum absolute atomic E-state index is 12.2. The summed E-state index contributed by atoms with van der Waals surface area (Å²) in [5.74, 6) is 0.480. The third kappa shape index (κ3) is 4.14. The van der Waals surface area contributed by atoms with Crippen molar-refractivity contribution in [2.45, 2.75) is 13.8 Å². The van der Waals surface area contributed by atoms with Crippen molar-refractivity contribution in [1.29, 1.82) is 0 Å². The predicted molar refractivity (Wildman–Crippen MR) is 103 cm³/mol. The monoisotopic (exact) mass is 380 g/mol. The Morgan fingerprint density at radius 2 is 1.93 bits per heavy atom. The normalized spacial score (nSPS) is 10.4. The quantitative estimate of drug-likeness (QED) is 0.673. The van der Waals surface area contributed by atoms with Gasteiger partial charge in [-0.25, -0.2) is 0 Å². The first-order valence-corrected chi connectivity index (χ1v) is 8.56. The van der Waals surface area contributed by atoms with Crippen LogP contribution in [0.3, 0.4) is 0 Å². The van der Waals surface area contributed by atoms with Crippen molar-refractivity contribution in [3.63, 3.8) is 0 Å². The van der Waals surface area contributed by atoms with Gasteiger partial charge in [0.2, 0.25) is 5.91 Å². The Balaban J connectivity index is 1.68. The van der Waals surface area contributed by atoms with E-state index in [1.807, 2.05) is 19.1 Å². The molecule has 0 aliphatic heterocycles. The molecular formula is C19H20N6O3. The van der Waals surface area contributed by atoms with Gasteiger partial charge >= 0.3 is 0 Å². The fraction of sp³-hybridized carbons (Fsp3) is 0.211. The fourth-order valence-corrected chi connectivity index (χ4v) is 2.68. The summed E-state index contributed by atoms with van der Waals surface area (Å²) in [6.07, 6.45) is 0. The number of amides is 2. The van der Waals surface area contributed by atoms with Gasteiger partial charge in [-0.05, 0) is 54.1 Å². The lowest BCUT2D eigenvalue weighted by atomic mass is 10.1. The highest BCUT2D eigenvalue weighted by Gasteiger charge is 2.13. The number of carbonyl (C=O) groups excluding carboxylic acids is 2. The molecule has 144 valence electrons. The van der Waals surface area contributed by atoms with Crippen LogP contribution >= 0.6 is 0 Å². The maximum atomic E-state index is 12.2. The van der Waals surface area contributed by atoms with E-state index in [0.29, 0.717) is 28.5 Å². The molecule has 1 aromatic heterocycles. The van der Waals surface area contributed by atoms with E-state index in [9.17, 15) is 9.59 Å². The minimum Gasteiger partial charge on any atom is -0.494 e. The third-order valence-corrected chi connectivity index (χ3v) is 4.12. The van der Waals surface area contributed by atoms with Gasteiger partial charge in [0, 0.05) is 11.3 Å². The molecule has 28 heavy (non-hydrogen) atoms. The van der Waals surface area contributed by atoms with E-state index in [1.54, 1.807) is 37.3 Å². The van der Waals surface area contributed by atoms with Crippen molar-refractivity contribution in [1.82, 2.24) is 25.5 Å². The number of hydrogen-bond donors (Lipinski definition) is 2. The van der Waals surface area contributed by atoms with Gasteiger partial charge in [0.25, 0.3) is 5.91 Å². The number of carbonyl (C=O) groups is 2. The smallest absolute Gasteiger partial charge is 0.251 e. The number of nitrogens with zero attached hydrogens (tertiary/aromatic N) is 4. The standard InChI is InChI=1S/C19H20N6O3/c1-12-6-4-5-7-15(12)19(27)20-11-18(26)21-14-8-9-17(28-3)16(10-14)25-13(2)22-23-24-25/h4-10H,11H2,1-3H3,(H,20,27)(H,21,26). The number of hydrogen-bond acceptors (Lipinski definition) is 6. The molecule has 0 aliphatic rings. The van der Waals surface area contributed by atoms with Gasteiger partial charge in [-0.1, -0.05) is 18.2 Å². The molecule has 0 aliphatic carbocycles. The number of rotatable bonds is 6. The molecule has 0 spiro atoms. The highest BCUT2D eigenvalue weighted by atomic mass is 16.5. The molecule has 3 rings (SSSR count). The second-order valence-corrected chi connectivity index (χ2v) is 6.07. The number of ether oxygens (including phenoxy) is 1. The van der Waals surface area contributed by atoms with E-state index in [0.717, 1.165) is 5.56 Å². The first-order chi connectivity index (χ1) is 13.5. The zero-order chi connectivity index (χ0) is 20.1. The summed E-state index contributed by atoms with van der Waals surface area (Å²) in [6, 6.07) is 12.3. The summed E-state index contributed by atoms with van der Waals surface area (Å²) in [5.41, 5.74) is 2.50. The van der Waals surface area contributed by atoms with Crippen LogP contribution in [0, 0.1) is 13.8 Å². The van der Waals surface area contributed by atoms with Crippen LogP contribution in [0.1, 0.15) is 21.7 Å². The molecule has 0 atom stereocenters. The van der Waals surface area contributed by atoms with Crippen LogP contribution in [-0.2, 0) is 4.79 Å². The molecule has 1 heterocycles. The maximum Gasteiger partial charge on any atom is 0.251 e. The lowest BCUT2D eigenvalue weighted by Gasteiger charge is -2.12. The van der Waals surface area contributed by atoms with Gasteiger partial charge in [-0.15, -0.1) is 5.10 Å². The minimum atomic E-state index is -0.355. The summed E-state index contributed by atoms with van der Waals surface area (Å²) in [5, 5.41) is 16.8. The third-order valence-electron chi connectivity index (χ3n) is 4.12. The highest BCUT2D eigenvalue weighted by molar-refractivity contribution is 6.00. The molecule has 0 unspecified atom stereocenters. The number of benzene rings is 2. The van der Waals surface area contributed by atoms with Crippen molar-refractivity contribution >= 4 is 17.5 Å². The van der Waals surface area contributed by atoms with Gasteiger partial charge in [-0.3, -0.25) is 9.59 Å². The molecule has 2 N–H and O–H groups in total. The number of aryl methyl sites for hydroxylation is 2. The van der Waals surface area contributed by atoms with E-state index in [1.165, 1.54) is 11.8 Å². The second-order valence-electron chi connectivity index (χ2n) is 6.07. The number of aromatic nitrogens is 4. The van der Waals surface area contributed by atoms with Gasteiger partial charge in [0.15, 0.2) is 5.82 Å². The SMILES string of the molecule is COc1ccc(NC(=O)CNC(=O)c2ccccc2C)cc1-n1nnnc1C. The molecule has 0 saturated carbocycles. The molecule has 3 aromatic rings. The zero-order valence-corrected chi connectivity index (χ0v) is 15.8. The van der Waals surface area contributed by atoms with Crippen molar-refractivity contribution in [3.05, 3.63) is 59.4 Å². The molecular weight excluding hydrogens is 360 g/mol. The highest BCUT2D eigenvalue weighted by Crippen LogP contribution is 2.26. The summed E-state index contributed by atoms with van der Waals surface area (Å²) < 4.78 is 6.85. The second kappa shape index (κ2) is 8.30. The first kappa shape index (κ1) is 19.0. The number of methoxy groups -OCH3 is 1. The molecule has 0 saturated heterocycles. The molecule has 0 radical (unpaired) electrons. The van der Waals surface area contributed by atoms with Crippen molar-refractivity contribution in [3.8, 4) is 11.4 Å². The van der Waals surface area contributed by atoms with Crippen LogP contribution < -0.4 is 15.4 Å². The number of anilines is 1. The lowest BCUT2D eigenvalue weighted by Crippen LogP contribution is -2.33. The molecule has 2 aromatic carbocycles. The Morgan fingerprint density at radius 1 is 1.14 bits per heavy atom. The molecule has 0 fully saturated rings. The van der Waals surface area contributed by atoms with Gasteiger partial charge < -0.3 is 15.4 Å². The Morgan fingerprint density at radius 3 is 2.61 bits per heavy atom. The predicted octanol–water partition coefficient (Wildman–Crippen LogP) is 1.66. The van der Waals surface area contributed by atoms with Crippen LogP contribution in [-0.4, -0.2) is 45.7 Å². The van der Waals surface area contributed by atoms with Crippen molar-refractivity contribution < 1.29 is 14.3 Å². The van der Waals surface area contributed by atoms with E-state index >= 15 is 0 Å². The molecule has 0 bridgehead atoms. The minimum absolute atomic E-state index is 0.154. The van der Waals surface area contributed by atoms with Crippen LogP contribution in [0.4, 0.5) is 5.69 Å². The lowest BCUT2D eigenvalue weighted by molar-refractivity contribution is -0.115. The van der Waals surface area contributed by atoms with E-state index in [-0.39, 0.29) is 18.4 Å². The van der Waals surface area contributed by atoms with Gasteiger partial charge in [-0.2, -0.15) is 4.68 Å². The fourth-order valence-electron chi connectivity index (χ4n) is 2.68. The number of tetrazole rings is 1. The van der Waals surface area contributed by atoms with Crippen LogP contribution in [0.5, 0.6) is 5.75 Å². The Kier molecular flexibility index (Phi) is 5.64. The largest absolute Gasteiger partial charge is 0.494 e. The van der Waals surface area contributed by atoms with Crippen LogP contribution in [0.2, 0.25) is 0 Å². The van der Waals surface area contributed by atoms with Crippen LogP contribution in [0.25, 0.3) is 5.69 Å². The van der Waals surface area contributed by atoms with Gasteiger partial charge in [0.1, 0.15) is 11.4 Å². The van der Waals surface area contributed by atoms with Crippen molar-refractivity contribution in [2.75, 3.05) is 19.0 Å². The van der Waals surface area contributed by atoms with E-state index in [2.05, 4.69) is 26.2 Å². The molecule has 2 amide bonds.